The molecule has 0 spiro atoms. The number of carbonyl (C=O) groups excluding carboxylic acids is 1. The molecular weight excluding hydrogens is 338 g/mol. The summed E-state index contributed by atoms with van der Waals surface area (Å²) in [7, 11) is -3.99. The number of esters is 1. The van der Waals surface area contributed by atoms with Gasteiger partial charge in [-0.1, -0.05) is 0 Å². The van der Waals surface area contributed by atoms with E-state index < -0.39 is 49.8 Å². The number of sulfone groups is 1. The maximum Gasteiger partial charge on any atom is 0.409 e. The molecule has 1 aliphatic rings. The molecule has 9 heteroatoms. The Kier molecular flexibility index (Phi) is 5.33. The van der Waals surface area contributed by atoms with E-state index in [9.17, 15) is 23.1 Å². The van der Waals surface area contributed by atoms with Gasteiger partial charge in [-0.05, 0) is 48.5 Å². The summed E-state index contributed by atoms with van der Waals surface area (Å²) in [5.41, 5.74) is -1.95. The van der Waals surface area contributed by atoms with Crippen molar-refractivity contribution >= 4 is 21.9 Å². The predicted octanol–water partition coefficient (Wildman–Crippen LogP) is 1.64. The number of amides is 1. The fourth-order valence-electron chi connectivity index (χ4n) is 2.60. The summed E-state index contributed by atoms with van der Waals surface area (Å²) in [6.45, 7) is 10.8. The van der Waals surface area contributed by atoms with Crippen LogP contribution in [0.4, 0.5) is 4.79 Å². The second-order valence-electron chi connectivity index (χ2n) is 7.88. The van der Waals surface area contributed by atoms with Crippen LogP contribution in [0.25, 0.3) is 0 Å². The van der Waals surface area contributed by atoms with Crippen LogP contribution in [0, 0.1) is 0 Å². The van der Waals surface area contributed by atoms with E-state index in [-0.39, 0.29) is 6.61 Å². The Morgan fingerprint density at radius 2 is 1.75 bits per heavy atom. The SMILES string of the molecule is CC(C)(C)OC(=O)CS(=O)(=O)C(C)(C)[C@H]1COC(C)(C)N1C(=O)O. The minimum Gasteiger partial charge on any atom is -0.465 e. The van der Waals surface area contributed by atoms with E-state index in [1.165, 1.54) is 13.8 Å². The van der Waals surface area contributed by atoms with E-state index in [1.807, 2.05) is 0 Å². The highest BCUT2D eigenvalue weighted by Gasteiger charge is 2.55. The third kappa shape index (κ3) is 4.18. The molecule has 1 rings (SSSR count). The van der Waals surface area contributed by atoms with Crippen molar-refractivity contribution in [1.82, 2.24) is 4.90 Å². The van der Waals surface area contributed by atoms with Gasteiger partial charge in [0.15, 0.2) is 9.84 Å². The molecule has 24 heavy (non-hydrogen) atoms. The predicted molar refractivity (Wildman–Crippen MR) is 87.4 cm³/mol. The molecule has 0 aromatic heterocycles. The summed E-state index contributed by atoms with van der Waals surface area (Å²) in [4.78, 5) is 24.5. The van der Waals surface area contributed by atoms with Crippen molar-refractivity contribution in [3.8, 4) is 0 Å². The Bertz CT molecular complexity index is 616. The van der Waals surface area contributed by atoms with Gasteiger partial charge in [0.2, 0.25) is 0 Å². The Hall–Kier alpha value is -1.35. The van der Waals surface area contributed by atoms with Crippen LogP contribution >= 0.6 is 0 Å². The van der Waals surface area contributed by atoms with E-state index >= 15 is 0 Å². The summed E-state index contributed by atoms with van der Waals surface area (Å²) in [6.07, 6.45) is -1.27. The lowest BCUT2D eigenvalue weighted by atomic mass is 10.0. The van der Waals surface area contributed by atoms with Crippen LogP contribution < -0.4 is 0 Å². The molecule has 0 radical (unpaired) electrons. The molecular formula is C15H27NO7S. The molecule has 0 aromatic rings. The van der Waals surface area contributed by atoms with Gasteiger partial charge >= 0.3 is 12.1 Å². The first kappa shape index (κ1) is 20.7. The largest absolute Gasteiger partial charge is 0.465 e. The standard InChI is InChI=1S/C15H27NO7S/c1-13(2,3)23-11(17)9-24(20,21)14(4,5)10-8-22-15(6,7)16(10)12(18)19/h10H,8-9H2,1-7H3,(H,18,19)/t10-/m1/s1. The van der Waals surface area contributed by atoms with Crippen LogP contribution in [0.5, 0.6) is 0 Å². The highest BCUT2D eigenvalue weighted by molar-refractivity contribution is 7.93. The molecule has 1 amide bonds. The first-order chi connectivity index (χ1) is 10.5. The van der Waals surface area contributed by atoms with Gasteiger partial charge in [-0.2, -0.15) is 0 Å². The van der Waals surface area contributed by atoms with Gasteiger partial charge in [0.25, 0.3) is 0 Å². The minimum absolute atomic E-state index is 0.0696. The van der Waals surface area contributed by atoms with Crippen molar-refractivity contribution in [2.24, 2.45) is 0 Å². The Morgan fingerprint density at radius 1 is 1.25 bits per heavy atom. The molecule has 140 valence electrons. The molecule has 1 atom stereocenters. The number of carbonyl (C=O) groups is 2. The molecule has 1 aliphatic heterocycles. The highest BCUT2D eigenvalue weighted by Crippen LogP contribution is 2.37. The van der Waals surface area contributed by atoms with E-state index in [1.54, 1.807) is 34.6 Å². The average molecular weight is 365 g/mol. The van der Waals surface area contributed by atoms with Gasteiger partial charge in [0, 0.05) is 0 Å². The van der Waals surface area contributed by atoms with Crippen molar-refractivity contribution in [1.29, 1.82) is 0 Å². The van der Waals surface area contributed by atoms with Gasteiger partial charge in [-0.15, -0.1) is 0 Å². The van der Waals surface area contributed by atoms with Gasteiger partial charge in [-0.25, -0.2) is 13.2 Å². The van der Waals surface area contributed by atoms with Crippen LogP contribution in [0.3, 0.4) is 0 Å². The molecule has 1 fully saturated rings. The van der Waals surface area contributed by atoms with Crippen LogP contribution in [-0.4, -0.2) is 65.0 Å². The summed E-state index contributed by atoms with van der Waals surface area (Å²) in [5.74, 6) is -1.68. The monoisotopic (exact) mass is 365 g/mol. The number of carboxylic acid groups (broad SMARTS) is 1. The smallest absolute Gasteiger partial charge is 0.409 e. The lowest BCUT2D eigenvalue weighted by molar-refractivity contribution is -0.151. The normalized spacial score (nSPS) is 21.6. The molecule has 0 unspecified atom stereocenters. The van der Waals surface area contributed by atoms with Crippen LogP contribution in [-0.2, 0) is 24.1 Å². The lowest BCUT2D eigenvalue weighted by Gasteiger charge is -2.38. The summed E-state index contributed by atoms with van der Waals surface area (Å²) in [5, 5.41) is 9.44. The summed E-state index contributed by atoms with van der Waals surface area (Å²) < 4.78 is 34.5. The highest BCUT2D eigenvalue weighted by atomic mass is 32.2. The number of ether oxygens (including phenoxy) is 2. The zero-order valence-corrected chi connectivity index (χ0v) is 16.1. The molecule has 0 saturated carbocycles. The third-order valence-electron chi connectivity index (χ3n) is 4.02. The quantitative estimate of drug-likeness (QED) is 0.754. The first-order valence-electron chi connectivity index (χ1n) is 7.61. The number of hydrogen-bond donors (Lipinski definition) is 1. The average Bonchev–Trinajstić information content (AvgIpc) is 2.61. The molecule has 1 N–H and O–H groups in total. The third-order valence-corrected chi connectivity index (χ3v) is 6.52. The molecule has 1 saturated heterocycles. The molecule has 0 bridgehead atoms. The molecule has 1 heterocycles. The molecule has 8 nitrogen and oxygen atoms in total. The van der Waals surface area contributed by atoms with Crippen molar-refractivity contribution in [3.63, 3.8) is 0 Å². The summed E-state index contributed by atoms with van der Waals surface area (Å²) >= 11 is 0. The van der Waals surface area contributed by atoms with E-state index in [2.05, 4.69) is 0 Å². The van der Waals surface area contributed by atoms with Crippen LogP contribution in [0.2, 0.25) is 0 Å². The van der Waals surface area contributed by atoms with Crippen molar-refractivity contribution in [3.05, 3.63) is 0 Å². The fourth-order valence-corrected chi connectivity index (χ4v) is 3.93. The van der Waals surface area contributed by atoms with E-state index in [0.717, 1.165) is 4.90 Å². The van der Waals surface area contributed by atoms with Crippen LogP contribution in [0.15, 0.2) is 0 Å². The number of hydrogen-bond acceptors (Lipinski definition) is 6. The van der Waals surface area contributed by atoms with Crippen LogP contribution in [0.1, 0.15) is 48.5 Å². The first-order valence-corrected chi connectivity index (χ1v) is 9.27. The fraction of sp³-hybridized carbons (Fsp3) is 0.867. The lowest BCUT2D eigenvalue weighted by Crippen LogP contribution is -2.58. The van der Waals surface area contributed by atoms with E-state index in [4.69, 9.17) is 9.47 Å². The maximum absolute atomic E-state index is 12.7. The number of rotatable bonds is 4. The van der Waals surface area contributed by atoms with Crippen molar-refractivity contribution < 1.29 is 32.6 Å². The summed E-state index contributed by atoms with van der Waals surface area (Å²) in [6, 6.07) is -0.933. The zero-order valence-electron chi connectivity index (χ0n) is 15.2. The Balaban J connectivity index is 3.09. The topological polar surface area (TPSA) is 110 Å². The van der Waals surface area contributed by atoms with Gasteiger partial charge in [0.1, 0.15) is 17.1 Å². The second kappa shape index (κ2) is 6.18. The minimum atomic E-state index is -3.99. The van der Waals surface area contributed by atoms with Gasteiger partial charge < -0.3 is 14.6 Å². The zero-order chi connectivity index (χ0) is 19.1. The number of nitrogens with zero attached hydrogens (tertiary/aromatic N) is 1. The molecule has 0 aromatic carbocycles. The molecule has 0 aliphatic carbocycles. The Morgan fingerprint density at radius 3 is 2.17 bits per heavy atom. The second-order valence-corrected chi connectivity index (χ2v) is 10.4. The van der Waals surface area contributed by atoms with E-state index in [0.29, 0.717) is 0 Å². The van der Waals surface area contributed by atoms with Crippen molar-refractivity contribution in [2.45, 2.75) is 70.6 Å². The van der Waals surface area contributed by atoms with Gasteiger partial charge in [-0.3, -0.25) is 9.69 Å². The Labute approximate surface area is 143 Å². The van der Waals surface area contributed by atoms with Crippen molar-refractivity contribution in [2.75, 3.05) is 12.4 Å². The van der Waals surface area contributed by atoms with Gasteiger partial charge in [0.05, 0.1) is 17.4 Å². The maximum atomic E-state index is 12.7.